The molecular formula is C15H13N3O2. The Labute approximate surface area is 116 Å². The third-order valence-corrected chi connectivity index (χ3v) is 3.13. The highest BCUT2D eigenvalue weighted by Crippen LogP contribution is 2.24. The van der Waals surface area contributed by atoms with E-state index in [-0.39, 0.29) is 11.8 Å². The van der Waals surface area contributed by atoms with E-state index in [1.807, 2.05) is 19.1 Å². The largest absolute Gasteiger partial charge is 0.326 e. The number of fused-ring (bicyclic) bond motifs is 1. The van der Waals surface area contributed by atoms with Crippen LogP contribution in [0.4, 0.5) is 11.5 Å². The van der Waals surface area contributed by atoms with E-state index in [9.17, 15) is 9.59 Å². The first kappa shape index (κ1) is 12.3. The summed E-state index contributed by atoms with van der Waals surface area (Å²) in [5.74, 6) is 0.226. The summed E-state index contributed by atoms with van der Waals surface area (Å²) in [6.07, 6.45) is 0.372. The zero-order valence-corrected chi connectivity index (χ0v) is 10.9. The second kappa shape index (κ2) is 4.77. The van der Waals surface area contributed by atoms with Gasteiger partial charge in [-0.25, -0.2) is 4.98 Å². The Morgan fingerprint density at radius 1 is 1.30 bits per heavy atom. The molecule has 0 aliphatic carbocycles. The van der Waals surface area contributed by atoms with Crippen LogP contribution < -0.4 is 10.6 Å². The van der Waals surface area contributed by atoms with Crippen molar-refractivity contribution in [2.24, 2.45) is 0 Å². The molecule has 0 radical (unpaired) electrons. The Hall–Kier alpha value is -2.69. The van der Waals surface area contributed by atoms with Crippen LogP contribution in [-0.4, -0.2) is 16.8 Å². The number of pyridine rings is 1. The molecule has 0 bridgehead atoms. The van der Waals surface area contributed by atoms with Crippen LogP contribution in [0.1, 0.15) is 21.6 Å². The van der Waals surface area contributed by atoms with Gasteiger partial charge in [-0.15, -0.1) is 0 Å². The SMILES string of the molecule is Cc1cccc(NC(=O)c2ccc3c(c2)NC(=O)C3)n1. The smallest absolute Gasteiger partial charge is 0.256 e. The normalized spacial score (nSPS) is 12.8. The molecular weight excluding hydrogens is 254 g/mol. The lowest BCUT2D eigenvalue weighted by Crippen LogP contribution is -2.13. The number of carbonyl (C=O) groups excluding carboxylic acids is 2. The van der Waals surface area contributed by atoms with Crippen LogP contribution in [0.2, 0.25) is 0 Å². The molecule has 0 spiro atoms. The van der Waals surface area contributed by atoms with Crippen molar-refractivity contribution < 1.29 is 9.59 Å². The number of hydrogen-bond donors (Lipinski definition) is 2. The van der Waals surface area contributed by atoms with E-state index in [1.165, 1.54) is 0 Å². The maximum absolute atomic E-state index is 12.1. The van der Waals surface area contributed by atoms with Gasteiger partial charge in [0, 0.05) is 16.9 Å². The molecule has 5 nitrogen and oxygen atoms in total. The van der Waals surface area contributed by atoms with Gasteiger partial charge in [-0.1, -0.05) is 12.1 Å². The minimum atomic E-state index is -0.243. The summed E-state index contributed by atoms with van der Waals surface area (Å²) in [5, 5.41) is 5.47. The van der Waals surface area contributed by atoms with Crippen molar-refractivity contribution in [3.63, 3.8) is 0 Å². The fourth-order valence-corrected chi connectivity index (χ4v) is 2.16. The van der Waals surface area contributed by atoms with Crippen molar-refractivity contribution in [3.8, 4) is 0 Å². The number of amides is 2. The number of hydrogen-bond acceptors (Lipinski definition) is 3. The van der Waals surface area contributed by atoms with Crippen LogP contribution in [0, 0.1) is 6.92 Å². The van der Waals surface area contributed by atoms with E-state index in [4.69, 9.17) is 0 Å². The van der Waals surface area contributed by atoms with Crippen LogP contribution >= 0.6 is 0 Å². The summed E-state index contributed by atoms with van der Waals surface area (Å²) in [6.45, 7) is 1.86. The molecule has 2 aromatic rings. The van der Waals surface area contributed by atoms with E-state index >= 15 is 0 Å². The van der Waals surface area contributed by atoms with Gasteiger partial charge >= 0.3 is 0 Å². The number of benzene rings is 1. The second-order valence-corrected chi connectivity index (χ2v) is 4.72. The predicted molar refractivity (Wildman–Crippen MR) is 75.7 cm³/mol. The van der Waals surface area contributed by atoms with Gasteiger partial charge in [-0.3, -0.25) is 9.59 Å². The summed E-state index contributed by atoms with van der Waals surface area (Å²) < 4.78 is 0. The van der Waals surface area contributed by atoms with Crippen LogP contribution in [0.25, 0.3) is 0 Å². The Balaban J connectivity index is 1.81. The monoisotopic (exact) mass is 267 g/mol. The standard InChI is InChI=1S/C15H13N3O2/c1-9-3-2-4-13(16-9)18-15(20)11-6-5-10-8-14(19)17-12(10)7-11/h2-7H,8H2,1H3,(H,17,19)(H,16,18,20). The molecule has 5 heteroatoms. The summed E-state index contributed by atoms with van der Waals surface area (Å²) in [7, 11) is 0. The molecule has 0 unspecified atom stereocenters. The van der Waals surface area contributed by atoms with Gasteiger partial charge in [-0.2, -0.15) is 0 Å². The summed E-state index contributed by atoms with van der Waals surface area (Å²) in [5.41, 5.74) is 2.96. The molecule has 2 amide bonds. The minimum absolute atomic E-state index is 0.0436. The van der Waals surface area contributed by atoms with Gasteiger partial charge < -0.3 is 10.6 Å². The topological polar surface area (TPSA) is 71.1 Å². The van der Waals surface area contributed by atoms with Crippen molar-refractivity contribution in [2.45, 2.75) is 13.3 Å². The van der Waals surface area contributed by atoms with Gasteiger partial charge in [-0.05, 0) is 36.8 Å². The molecule has 1 aromatic carbocycles. The van der Waals surface area contributed by atoms with Gasteiger partial charge in [0.05, 0.1) is 6.42 Å². The van der Waals surface area contributed by atoms with Crippen molar-refractivity contribution in [2.75, 3.05) is 10.6 Å². The van der Waals surface area contributed by atoms with Crippen LogP contribution in [0.3, 0.4) is 0 Å². The number of aryl methyl sites for hydroxylation is 1. The molecule has 2 heterocycles. The number of rotatable bonds is 2. The third-order valence-electron chi connectivity index (χ3n) is 3.13. The Morgan fingerprint density at radius 3 is 2.95 bits per heavy atom. The zero-order valence-electron chi connectivity index (χ0n) is 10.9. The number of carbonyl (C=O) groups is 2. The highest BCUT2D eigenvalue weighted by atomic mass is 16.2. The fourth-order valence-electron chi connectivity index (χ4n) is 2.16. The highest BCUT2D eigenvalue weighted by molar-refractivity contribution is 6.06. The van der Waals surface area contributed by atoms with Crippen molar-refractivity contribution in [1.82, 2.24) is 4.98 Å². The van der Waals surface area contributed by atoms with Crippen molar-refractivity contribution in [3.05, 3.63) is 53.2 Å². The molecule has 0 saturated heterocycles. The molecule has 1 aliphatic heterocycles. The quantitative estimate of drug-likeness (QED) is 0.875. The Morgan fingerprint density at radius 2 is 2.15 bits per heavy atom. The van der Waals surface area contributed by atoms with Gasteiger partial charge in [0.1, 0.15) is 5.82 Å². The highest BCUT2D eigenvalue weighted by Gasteiger charge is 2.19. The maximum Gasteiger partial charge on any atom is 0.256 e. The van der Waals surface area contributed by atoms with Gasteiger partial charge in [0.2, 0.25) is 5.91 Å². The van der Waals surface area contributed by atoms with Crippen molar-refractivity contribution >= 4 is 23.3 Å². The molecule has 100 valence electrons. The number of anilines is 2. The first-order chi connectivity index (χ1) is 9.61. The molecule has 3 rings (SSSR count). The van der Waals surface area contributed by atoms with E-state index in [2.05, 4.69) is 15.6 Å². The average Bonchev–Trinajstić information content (AvgIpc) is 2.77. The van der Waals surface area contributed by atoms with E-state index < -0.39 is 0 Å². The molecule has 20 heavy (non-hydrogen) atoms. The second-order valence-electron chi connectivity index (χ2n) is 4.72. The number of nitrogens with zero attached hydrogens (tertiary/aromatic N) is 1. The lowest BCUT2D eigenvalue weighted by atomic mass is 10.1. The van der Waals surface area contributed by atoms with Crippen LogP contribution in [0.15, 0.2) is 36.4 Å². The average molecular weight is 267 g/mol. The third kappa shape index (κ3) is 2.38. The molecule has 2 N–H and O–H groups in total. The Kier molecular flexibility index (Phi) is 2.95. The summed E-state index contributed by atoms with van der Waals surface area (Å²) in [6, 6.07) is 10.6. The first-order valence-corrected chi connectivity index (χ1v) is 6.29. The summed E-state index contributed by atoms with van der Waals surface area (Å²) >= 11 is 0. The molecule has 0 atom stereocenters. The van der Waals surface area contributed by atoms with Crippen LogP contribution in [-0.2, 0) is 11.2 Å². The Bertz CT molecular complexity index is 710. The molecule has 0 saturated carbocycles. The summed E-state index contributed by atoms with van der Waals surface area (Å²) in [4.78, 5) is 27.7. The van der Waals surface area contributed by atoms with Gasteiger partial charge in [0.25, 0.3) is 5.91 Å². The lowest BCUT2D eigenvalue weighted by Gasteiger charge is -2.06. The lowest BCUT2D eigenvalue weighted by molar-refractivity contribution is -0.115. The van der Waals surface area contributed by atoms with E-state index in [0.717, 1.165) is 11.3 Å². The molecule has 1 aliphatic rings. The predicted octanol–water partition coefficient (Wildman–Crippen LogP) is 2.14. The molecule has 0 fully saturated rings. The van der Waals surface area contributed by atoms with Gasteiger partial charge in [0.15, 0.2) is 0 Å². The number of aromatic nitrogens is 1. The fraction of sp³-hybridized carbons (Fsp3) is 0.133. The van der Waals surface area contributed by atoms with Crippen molar-refractivity contribution in [1.29, 1.82) is 0 Å². The number of nitrogens with one attached hydrogen (secondary N) is 2. The van der Waals surface area contributed by atoms with E-state index in [0.29, 0.717) is 23.5 Å². The zero-order chi connectivity index (χ0) is 14.1. The van der Waals surface area contributed by atoms with Crippen LogP contribution in [0.5, 0.6) is 0 Å². The minimum Gasteiger partial charge on any atom is -0.326 e. The maximum atomic E-state index is 12.1. The first-order valence-electron chi connectivity index (χ1n) is 6.29. The van der Waals surface area contributed by atoms with E-state index in [1.54, 1.807) is 24.3 Å². The molecule has 1 aromatic heterocycles.